The Morgan fingerprint density at radius 3 is 2.78 bits per heavy atom. The van der Waals surface area contributed by atoms with Crippen LogP contribution in [0, 0.1) is 0 Å². The summed E-state index contributed by atoms with van der Waals surface area (Å²) in [6.07, 6.45) is 0. The van der Waals surface area contributed by atoms with Gasteiger partial charge in [0.1, 0.15) is 22.9 Å². The largest absolute Gasteiger partial charge is 0.508 e. The number of hydrogen-bond donors (Lipinski definition) is 1. The van der Waals surface area contributed by atoms with Crippen LogP contribution < -0.4 is 5.63 Å². The van der Waals surface area contributed by atoms with Gasteiger partial charge in [0.25, 0.3) is 0 Å². The van der Waals surface area contributed by atoms with E-state index in [2.05, 4.69) is 4.98 Å². The van der Waals surface area contributed by atoms with Gasteiger partial charge in [-0.15, -0.1) is 11.3 Å². The van der Waals surface area contributed by atoms with E-state index in [-0.39, 0.29) is 23.6 Å². The Kier molecular flexibility index (Phi) is 4.43. The molecule has 0 aliphatic rings. The molecule has 134 valence electrons. The quantitative estimate of drug-likeness (QED) is 0.426. The molecule has 7 heteroatoms. The van der Waals surface area contributed by atoms with Gasteiger partial charge < -0.3 is 14.3 Å². The highest BCUT2D eigenvalue weighted by molar-refractivity contribution is 7.13. The van der Waals surface area contributed by atoms with Crippen LogP contribution >= 0.6 is 11.3 Å². The van der Waals surface area contributed by atoms with Crippen molar-refractivity contribution in [1.29, 1.82) is 0 Å². The number of carbonyl (C=O) groups excluding carboxylic acids is 1. The lowest BCUT2D eigenvalue weighted by Crippen LogP contribution is -2.08. The third kappa shape index (κ3) is 3.58. The van der Waals surface area contributed by atoms with Crippen molar-refractivity contribution in [2.24, 2.45) is 0 Å². The maximum atomic E-state index is 12.3. The SMILES string of the molecule is O=C(OCc1cc(=O)oc2cc(O)ccc12)c1csc(-c2ccccc2)n1. The third-order valence-electron chi connectivity index (χ3n) is 3.91. The van der Waals surface area contributed by atoms with Gasteiger partial charge >= 0.3 is 11.6 Å². The number of ether oxygens (including phenoxy) is 1. The standard InChI is InChI=1S/C20H13NO5S/c22-14-6-7-15-13(8-18(23)26-17(15)9-14)10-25-20(24)16-11-27-19(21-16)12-4-2-1-3-5-12/h1-9,11,22H,10H2. The molecule has 0 radical (unpaired) electrons. The molecule has 0 amide bonds. The average molecular weight is 379 g/mol. The zero-order chi connectivity index (χ0) is 18.8. The monoisotopic (exact) mass is 379 g/mol. The molecule has 4 rings (SSSR count). The van der Waals surface area contributed by atoms with Gasteiger partial charge in [0.05, 0.1) is 0 Å². The number of rotatable bonds is 4. The van der Waals surface area contributed by atoms with Crippen LogP contribution in [0.25, 0.3) is 21.5 Å². The van der Waals surface area contributed by atoms with Gasteiger partial charge in [-0.1, -0.05) is 30.3 Å². The fraction of sp³-hybridized carbons (Fsp3) is 0.0500. The van der Waals surface area contributed by atoms with Gasteiger partial charge in [-0.05, 0) is 12.1 Å². The molecule has 0 fully saturated rings. The second-order valence-corrected chi connectivity index (χ2v) is 6.61. The summed E-state index contributed by atoms with van der Waals surface area (Å²) in [4.78, 5) is 28.3. The number of fused-ring (bicyclic) bond motifs is 1. The van der Waals surface area contributed by atoms with Crippen molar-refractivity contribution in [3.63, 3.8) is 0 Å². The maximum Gasteiger partial charge on any atom is 0.358 e. The van der Waals surface area contributed by atoms with Crippen LogP contribution in [-0.2, 0) is 11.3 Å². The van der Waals surface area contributed by atoms with Crippen LogP contribution in [0.5, 0.6) is 5.75 Å². The Morgan fingerprint density at radius 1 is 1.15 bits per heavy atom. The highest BCUT2D eigenvalue weighted by Gasteiger charge is 2.15. The molecule has 6 nitrogen and oxygen atoms in total. The molecule has 0 atom stereocenters. The fourth-order valence-electron chi connectivity index (χ4n) is 2.64. The number of esters is 1. The minimum atomic E-state index is -0.584. The number of thiazole rings is 1. The minimum absolute atomic E-state index is 0.0179. The number of hydrogen-bond acceptors (Lipinski definition) is 7. The Labute approximate surface area is 157 Å². The van der Waals surface area contributed by atoms with Crippen molar-refractivity contribution < 1.29 is 19.1 Å². The van der Waals surface area contributed by atoms with Crippen LogP contribution in [0.1, 0.15) is 16.1 Å². The average Bonchev–Trinajstić information content (AvgIpc) is 3.16. The first-order valence-electron chi connectivity index (χ1n) is 8.04. The summed E-state index contributed by atoms with van der Waals surface area (Å²) < 4.78 is 10.4. The normalized spacial score (nSPS) is 10.8. The predicted octanol–water partition coefficient (Wildman–Crippen LogP) is 3.98. The van der Waals surface area contributed by atoms with E-state index in [0.29, 0.717) is 10.9 Å². The molecule has 0 bridgehead atoms. The van der Waals surface area contributed by atoms with Crippen molar-refractivity contribution in [2.45, 2.75) is 6.61 Å². The van der Waals surface area contributed by atoms with Crippen LogP contribution in [0.3, 0.4) is 0 Å². The van der Waals surface area contributed by atoms with Crippen molar-refractivity contribution in [2.75, 3.05) is 0 Å². The molecule has 0 spiro atoms. The summed E-state index contributed by atoms with van der Waals surface area (Å²) in [5.74, 6) is -0.593. The summed E-state index contributed by atoms with van der Waals surface area (Å²) in [6, 6.07) is 15.2. The van der Waals surface area contributed by atoms with Gasteiger partial charge in [0.2, 0.25) is 0 Å². The van der Waals surface area contributed by atoms with Gasteiger partial charge in [0, 0.05) is 34.0 Å². The summed E-state index contributed by atoms with van der Waals surface area (Å²) >= 11 is 1.35. The summed E-state index contributed by atoms with van der Waals surface area (Å²) in [5.41, 5.74) is 1.28. The molecule has 2 aromatic carbocycles. The lowest BCUT2D eigenvalue weighted by Gasteiger charge is -2.06. The second kappa shape index (κ2) is 7.05. The number of phenolic OH excluding ortho intramolecular Hbond substituents is 1. The first kappa shape index (κ1) is 17.0. The van der Waals surface area contributed by atoms with E-state index in [9.17, 15) is 14.7 Å². The van der Waals surface area contributed by atoms with Crippen LogP contribution in [0.15, 0.2) is 69.2 Å². The van der Waals surface area contributed by atoms with Gasteiger partial charge in [0.15, 0.2) is 5.69 Å². The Hall–Kier alpha value is -3.45. The molecule has 0 saturated heterocycles. The smallest absolute Gasteiger partial charge is 0.358 e. The molecule has 0 aliphatic heterocycles. The molecule has 0 unspecified atom stereocenters. The summed E-state index contributed by atoms with van der Waals surface area (Å²) in [7, 11) is 0. The summed E-state index contributed by atoms with van der Waals surface area (Å²) in [5, 5.41) is 12.5. The third-order valence-corrected chi connectivity index (χ3v) is 4.80. The Bertz CT molecular complexity index is 1180. The first-order chi connectivity index (χ1) is 13.1. The molecular weight excluding hydrogens is 366 g/mol. The lowest BCUT2D eigenvalue weighted by atomic mass is 10.1. The van der Waals surface area contributed by atoms with Crippen molar-refractivity contribution in [1.82, 2.24) is 4.98 Å². The van der Waals surface area contributed by atoms with Crippen molar-refractivity contribution in [3.05, 3.63) is 81.7 Å². The molecule has 1 N–H and O–H groups in total. The molecule has 27 heavy (non-hydrogen) atoms. The molecule has 0 saturated carbocycles. The second-order valence-electron chi connectivity index (χ2n) is 5.75. The highest BCUT2D eigenvalue weighted by Crippen LogP contribution is 2.25. The van der Waals surface area contributed by atoms with Crippen molar-refractivity contribution >= 4 is 28.3 Å². The molecule has 4 aromatic rings. The number of nitrogens with zero attached hydrogens (tertiary/aromatic N) is 1. The van der Waals surface area contributed by atoms with E-state index >= 15 is 0 Å². The Morgan fingerprint density at radius 2 is 1.96 bits per heavy atom. The topological polar surface area (TPSA) is 89.6 Å². The van der Waals surface area contributed by atoms with E-state index < -0.39 is 11.6 Å². The van der Waals surface area contributed by atoms with Crippen LogP contribution in [0.4, 0.5) is 0 Å². The lowest BCUT2D eigenvalue weighted by molar-refractivity contribution is 0.0468. The van der Waals surface area contributed by atoms with Crippen LogP contribution in [0.2, 0.25) is 0 Å². The van der Waals surface area contributed by atoms with Crippen molar-refractivity contribution in [3.8, 4) is 16.3 Å². The molecular formula is C20H13NO5S. The molecule has 2 heterocycles. The number of aromatic nitrogens is 1. The van der Waals surface area contributed by atoms with Gasteiger partial charge in [-0.2, -0.15) is 0 Å². The predicted molar refractivity (Wildman–Crippen MR) is 101 cm³/mol. The summed E-state index contributed by atoms with van der Waals surface area (Å²) in [6.45, 7) is -0.107. The van der Waals surface area contributed by atoms with E-state index in [4.69, 9.17) is 9.15 Å². The fourth-order valence-corrected chi connectivity index (χ4v) is 3.43. The number of benzene rings is 2. The van der Waals surface area contributed by atoms with Crippen LogP contribution in [-0.4, -0.2) is 16.1 Å². The zero-order valence-corrected chi connectivity index (χ0v) is 14.7. The first-order valence-corrected chi connectivity index (χ1v) is 8.92. The maximum absolute atomic E-state index is 12.3. The van der Waals surface area contributed by atoms with E-state index in [1.54, 1.807) is 11.4 Å². The number of aromatic hydroxyl groups is 1. The zero-order valence-electron chi connectivity index (χ0n) is 13.9. The number of carbonyl (C=O) groups is 1. The minimum Gasteiger partial charge on any atom is -0.508 e. The highest BCUT2D eigenvalue weighted by atomic mass is 32.1. The molecule has 0 aliphatic carbocycles. The Balaban J connectivity index is 1.54. The van der Waals surface area contributed by atoms with E-state index in [1.807, 2.05) is 30.3 Å². The van der Waals surface area contributed by atoms with Gasteiger partial charge in [-0.25, -0.2) is 14.6 Å². The van der Waals surface area contributed by atoms with E-state index in [0.717, 1.165) is 10.6 Å². The molecule has 2 aromatic heterocycles. The number of phenols is 1. The van der Waals surface area contributed by atoms with E-state index in [1.165, 1.54) is 29.5 Å². The van der Waals surface area contributed by atoms with Gasteiger partial charge in [-0.3, -0.25) is 0 Å².